The van der Waals surface area contributed by atoms with Crippen molar-refractivity contribution in [2.45, 2.75) is 38.5 Å². The fraction of sp³-hybridized carbons (Fsp3) is 0.115. The number of nitrogens with zero attached hydrogens (tertiary/aromatic N) is 2. The highest BCUT2D eigenvalue weighted by atomic mass is 15.2. The first-order valence-corrected chi connectivity index (χ1v) is 22.1. The molecule has 3 aliphatic rings. The van der Waals surface area contributed by atoms with Gasteiger partial charge in [0.2, 0.25) is 0 Å². The predicted molar refractivity (Wildman–Crippen MR) is 274 cm³/mol. The van der Waals surface area contributed by atoms with Crippen LogP contribution in [0.25, 0.3) is 16.7 Å². The van der Waals surface area contributed by atoms with Gasteiger partial charge >= 0.3 is 0 Å². The fourth-order valence-corrected chi connectivity index (χ4v) is 7.97. The van der Waals surface area contributed by atoms with Crippen LogP contribution in [0.1, 0.15) is 43.2 Å². The Kier molecular flexibility index (Phi) is 15.9. The van der Waals surface area contributed by atoms with Gasteiger partial charge in [-0.2, -0.15) is 0 Å². The number of hydrogen-bond donors (Lipinski definition) is 0. The van der Waals surface area contributed by atoms with Gasteiger partial charge in [0.05, 0.1) is 0 Å². The van der Waals surface area contributed by atoms with E-state index >= 15 is 0 Å². The molecular formula is C61H58N2. The summed E-state index contributed by atoms with van der Waals surface area (Å²) in [5.74, 6) is 0. The molecule has 2 nitrogen and oxygen atoms in total. The van der Waals surface area contributed by atoms with E-state index < -0.39 is 0 Å². The standard InChI is InChI=1S/C61H58N2/c1-4-21-49-35-41-58(42-36-49)62(47-17-16-23-50(6-3)52-24-10-7-11-25-52)48-20-32-51(22-5-2)55-30-18-33-59(43-37-55)63(61-45-39-57(40-46-61)54-28-14-9-15-29-54)60-34-19-31-56(38-44-60)53-26-12-8-13-27-53/h4-6,8-10,12-15,17-20,22-32,35-47H,1-3,7,11,16,21,33-34,48H2/b32-20-,47-17+,50-23+,51-22+. The molecule has 0 spiro atoms. The SMILES string of the molecule is C=C/C=C(\C=C/CN(/C=C/C/C=C(\C=C)C1=CCCC=C1)c1ccc(CC=C)cc1)C1=CC=C(N(C2=CC=C(c3ccccc3)C=CC2)c2ccc(-c3ccccc3)cc2)CC=C1. The lowest BCUT2D eigenvalue weighted by atomic mass is 9.99. The van der Waals surface area contributed by atoms with Crippen LogP contribution >= 0.6 is 0 Å². The van der Waals surface area contributed by atoms with E-state index in [0.29, 0.717) is 6.54 Å². The van der Waals surface area contributed by atoms with Crippen LogP contribution in [0.2, 0.25) is 0 Å². The Morgan fingerprint density at radius 2 is 1.25 bits per heavy atom. The van der Waals surface area contributed by atoms with Gasteiger partial charge in [0, 0.05) is 48.4 Å². The quantitative estimate of drug-likeness (QED) is 0.0729. The third-order valence-corrected chi connectivity index (χ3v) is 11.3. The number of anilines is 2. The molecule has 0 atom stereocenters. The van der Waals surface area contributed by atoms with Gasteiger partial charge in [0.1, 0.15) is 0 Å². The second-order valence-corrected chi connectivity index (χ2v) is 15.6. The molecule has 0 unspecified atom stereocenters. The number of hydrogen-bond acceptors (Lipinski definition) is 2. The third-order valence-electron chi connectivity index (χ3n) is 11.3. The zero-order chi connectivity index (χ0) is 43.5. The fourth-order valence-electron chi connectivity index (χ4n) is 7.97. The van der Waals surface area contributed by atoms with Crippen molar-refractivity contribution in [1.29, 1.82) is 0 Å². The lowest BCUT2D eigenvalue weighted by Gasteiger charge is -2.29. The first-order chi connectivity index (χ1) is 31.1. The van der Waals surface area contributed by atoms with Crippen LogP contribution in [0.15, 0.2) is 284 Å². The van der Waals surface area contributed by atoms with Crippen LogP contribution in [0.5, 0.6) is 0 Å². The van der Waals surface area contributed by atoms with Crippen LogP contribution in [0.3, 0.4) is 0 Å². The highest BCUT2D eigenvalue weighted by Gasteiger charge is 2.18. The summed E-state index contributed by atoms with van der Waals surface area (Å²) in [6, 6.07) is 38.9. The number of rotatable bonds is 18. The highest BCUT2D eigenvalue weighted by Crippen LogP contribution is 2.34. The maximum atomic E-state index is 4.09. The van der Waals surface area contributed by atoms with E-state index in [4.69, 9.17) is 0 Å². The topological polar surface area (TPSA) is 6.48 Å². The van der Waals surface area contributed by atoms with Crippen LogP contribution in [-0.4, -0.2) is 6.54 Å². The van der Waals surface area contributed by atoms with E-state index in [1.165, 1.54) is 50.4 Å². The normalized spacial score (nSPS) is 15.5. The van der Waals surface area contributed by atoms with E-state index in [2.05, 4.69) is 242 Å². The average molecular weight is 819 g/mol. The smallest absolute Gasteiger partial charge is 0.0455 e. The van der Waals surface area contributed by atoms with Crippen LogP contribution < -0.4 is 9.80 Å². The van der Waals surface area contributed by atoms with E-state index in [-0.39, 0.29) is 0 Å². The van der Waals surface area contributed by atoms with Gasteiger partial charge in [0.15, 0.2) is 0 Å². The Balaban J connectivity index is 1.16. The molecule has 7 rings (SSSR count). The van der Waals surface area contributed by atoms with Gasteiger partial charge in [-0.05, 0) is 112 Å². The molecule has 0 saturated heterocycles. The zero-order valence-corrected chi connectivity index (χ0v) is 36.4. The molecule has 4 aromatic rings. The summed E-state index contributed by atoms with van der Waals surface area (Å²) in [7, 11) is 0. The molecule has 3 aliphatic carbocycles. The molecule has 0 heterocycles. The van der Waals surface area contributed by atoms with E-state index in [9.17, 15) is 0 Å². The largest absolute Gasteiger partial charge is 0.344 e. The van der Waals surface area contributed by atoms with Crippen molar-refractivity contribution in [1.82, 2.24) is 0 Å². The minimum atomic E-state index is 0.697. The molecule has 0 saturated carbocycles. The minimum absolute atomic E-state index is 0.697. The van der Waals surface area contributed by atoms with Gasteiger partial charge in [-0.1, -0.05) is 201 Å². The molecule has 0 bridgehead atoms. The monoisotopic (exact) mass is 818 g/mol. The Morgan fingerprint density at radius 3 is 1.94 bits per heavy atom. The summed E-state index contributed by atoms with van der Waals surface area (Å²) in [5.41, 5.74) is 15.4. The lowest BCUT2D eigenvalue weighted by molar-refractivity contribution is 0.976. The Labute approximate surface area is 376 Å². The van der Waals surface area contributed by atoms with Crippen molar-refractivity contribution in [3.63, 3.8) is 0 Å². The summed E-state index contributed by atoms with van der Waals surface area (Å²) in [5, 5.41) is 0. The Hall–Kier alpha value is -7.42. The zero-order valence-electron chi connectivity index (χ0n) is 36.4. The van der Waals surface area contributed by atoms with E-state index in [1.54, 1.807) is 0 Å². The van der Waals surface area contributed by atoms with Crippen LogP contribution in [0.4, 0.5) is 11.4 Å². The highest BCUT2D eigenvalue weighted by molar-refractivity contribution is 5.77. The maximum absolute atomic E-state index is 4.09. The number of allylic oxidation sites excluding steroid dienone is 23. The Bertz CT molecular complexity index is 2590. The maximum Gasteiger partial charge on any atom is 0.0455 e. The summed E-state index contributed by atoms with van der Waals surface area (Å²) in [6.45, 7) is 12.8. The summed E-state index contributed by atoms with van der Waals surface area (Å²) in [6.07, 6.45) is 49.3. The van der Waals surface area contributed by atoms with Gasteiger partial charge in [-0.15, -0.1) is 6.58 Å². The minimum Gasteiger partial charge on any atom is -0.344 e. The average Bonchev–Trinajstić information content (AvgIpc) is 3.74. The third kappa shape index (κ3) is 12.1. The molecule has 0 N–H and O–H groups in total. The van der Waals surface area contributed by atoms with Gasteiger partial charge in [-0.3, -0.25) is 0 Å². The summed E-state index contributed by atoms with van der Waals surface area (Å²) < 4.78 is 0. The molecule has 2 heteroatoms. The molecule has 63 heavy (non-hydrogen) atoms. The van der Waals surface area contributed by atoms with Crippen molar-refractivity contribution in [2.75, 3.05) is 16.3 Å². The van der Waals surface area contributed by atoms with Crippen molar-refractivity contribution in [3.8, 4) is 11.1 Å². The van der Waals surface area contributed by atoms with Crippen molar-refractivity contribution < 1.29 is 0 Å². The van der Waals surface area contributed by atoms with Crippen molar-refractivity contribution in [2.24, 2.45) is 0 Å². The molecule has 0 amide bonds. The van der Waals surface area contributed by atoms with Crippen molar-refractivity contribution >= 4 is 16.9 Å². The first kappa shape index (κ1) is 43.7. The van der Waals surface area contributed by atoms with Crippen molar-refractivity contribution in [3.05, 3.63) is 295 Å². The van der Waals surface area contributed by atoms with Crippen LogP contribution in [0, 0.1) is 0 Å². The van der Waals surface area contributed by atoms with Gasteiger partial charge in [-0.25, -0.2) is 0 Å². The molecular weight excluding hydrogens is 761 g/mol. The number of benzene rings is 4. The van der Waals surface area contributed by atoms with E-state index in [0.717, 1.165) is 61.0 Å². The Morgan fingerprint density at radius 1 is 0.587 bits per heavy atom. The predicted octanol–water partition coefficient (Wildman–Crippen LogP) is 16.1. The molecule has 0 fully saturated rings. The molecule has 312 valence electrons. The summed E-state index contributed by atoms with van der Waals surface area (Å²) >= 11 is 0. The van der Waals surface area contributed by atoms with Crippen LogP contribution in [-0.2, 0) is 6.42 Å². The van der Waals surface area contributed by atoms with E-state index in [1.807, 2.05) is 18.2 Å². The second-order valence-electron chi connectivity index (χ2n) is 15.6. The lowest BCUT2D eigenvalue weighted by Crippen LogP contribution is -2.21. The van der Waals surface area contributed by atoms with Gasteiger partial charge in [0.25, 0.3) is 0 Å². The van der Waals surface area contributed by atoms with Gasteiger partial charge < -0.3 is 9.80 Å². The summed E-state index contributed by atoms with van der Waals surface area (Å²) in [4.78, 5) is 4.73. The molecule has 0 aromatic heterocycles. The molecule has 4 aromatic carbocycles. The first-order valence-electron chi connectivity index (χ1n) is 22.1. The molecule has 0 aliphatic heterocycles. The second kappa shape index (κ2) is 23.0. The molecule has 0 radical (unpaired) electrons.